The van der Waals surface area contributed by atoms with Crippen LogP contribution < -0.4 is 5.32 Å². The van der Waals surface area contributed by atoms with E-state index in [9.17, 15) is 13.2 Å². The number of amides is 1. The van der Waals surface area contributed by atoms with Gasteiger partial charge >= 0.3 is 0 Å². The SMILES string of the molecule is CSCCC1NC(=S)N(C2CCCN(S(C)(=O)=O)C2)C1=O. The number of piperidine rings is 1. The molecule has 0 spiro atoms. The van der Waals surface area contributed by atoms with Crippen molar-refractivity contribution in [2.75, 3.05) is 31.4 Å². The zero-order valence-corrected chi connectivity index (χ0v) is 14.7. The third-order valence-corrected chi connectivity index (χ3v) is 6.08. The maximum absolute atomic E-state index is 12.5. The van der Waals surface area contributed by atoms with Crippen LogP contribution in [-0.4, -0.2) is 72.1 Å². The number of hydrogen-bond acceptors (Lipinski definition) is 5. The van der Waals surface area contributed by atoms with Gasteiger partial charge in [0.1, 0.15) is 6.04 Å². The first-order valence-electron chi connectivity index (χ1n) is 6.92. The smallest absolute Gasteiger partial charge is 0.251 e. The lowest BCUT2D eigenvalue weighted by molar-refractivity contribution is -0.129. The van der Waals surface area contributed by atoms with E-state index in [0.717, 1.165) is 25.0 Å². The minimum Gasteiger partial charge on any atom is -0.350 e. The molecule has 2 saturated heterocycles. The zero-order chi connectivity index (χ0) is 15.6. The Bertz CT molecular complexity index is 523. The summed E-state index contributed by atoms with van der Waals surface area (Å²) >= 11 is 6.97. The Morgan fingerprint density at radius 3 is 2.81 bits per heavy atom. The Morgan fingerprint density at radius 2 is 2.19 bits per heavy atom. The second-order valence-electron chi connectivity index (χ2n) is 5.41. The first-order chi connectivity index (χ1) is 9.84. The lowest BCUT2D eigenvalue weighted by Crippen LogP contribution is -2.51. The lowest BCUT2D eigenvalue weighted by Gasteiger charge is -2.35. The van der Waals surface area contributed by atoms with E-state index < -0.39 is 10.0 Å². The van der Waals surface area contributed by atoms with Gasteiger partial charge in [-0.2, -0.15) is 11.8 Å². The fraction of sp³-hybridized carbons (Fsp3) is 0.833. The summed E-state index contributed by atoms with van der Waals surface area (Å²) in [5, 5.41) is 3.50. The summed E-state index contributed by atoms with van der Waals surface area (Å²) in [5.41, 5.74) is 0. The predicted molar refractivity (Wildman–Crippen MR) is 88.8 cm³/mol. The molecule has 2 rings (SSSR count). The molecule has 0 aromatic heterocycles. The van der Waals surface area contributed by atoms with E-state index in [4.69, 9.17) is 12.2 Å². The van der Waals surface area contributed by atoms with Crippen LogP contribution in [0.5, 0.6) is 0 Å². The third-order valence-electron chi connectivity index (χ3n) is 3.86. The maximum Gasteiger partial charge on any atom is 0.251 e. The van der Waals surface area contributed by atoms with E-state index in [-0.39, 0.29) is 18.0 Å². The Hall–Kier alpha value is -0.380. The van der Waals surface area contributed by atoms with E-state index in [1.165, 1.54) is 10.6 Å². The molecule has 0 saturated carbocycles. The first-order valence-corrected chi connectivity index (χ1v) is 10.6. The predicted octanol–water partition coefficient (Wildman–Crippen LogP) is 0.249. The van der Waals surface area contributed by atoms with E-state index >= 15 is 0 Å². The molecule has 2 fully saturated rings. The summed E-state index contributed by atoms with van der Waals surface area (Å²) in [7, 11) is -3.22. The number of nitrogens with one attached hydrogen (secondary N) is 1. The van der Waals surface area contributed by atoms with Crippen LogP contribution in [0, 0.1) is 0 Å². The lowest BCUT2D eigenvalue weighted by atomic mass is 10.1. The normalized spacial score (nSPS) is 28.0. The second kappa shape index (κ2) is 6.80. The second-order valence-corrected chi connectivity index (χ2v) is 8.76. The molecular weight excluding hydrogens is 330 g/mol. The van der Waals surface area contributed by atoms with Gasteiger partial charge in [0, 0.05) is 13.1 Å². The van der Waals surface area contributed by atoms with Crippen LogP contribution in [-0.2, 0) is 14.8 Å². The molecule has 2 aliphatic heterocycles. The van der Waals surface area contributed by atoms with E-state index in [1.807, 2.05) is 6.26 Å². The molecule has 0 aliphatic carbocycles. The summed E-state index contributed by atoms with van der Waals surface area (Å²) in [6.07, 6.45) is 5.48. The number of thiocarbonyl (C=S) groups is 1. The molecule has 0 radical (unpaired) electrons. The Morgan fingerprint density at radius 1 is 1.48 bits per heavy atom. The van der Waals surface area contributed by atoms with Crippen molar-refractivity contribution in [1.82, 2.24) is 14.5 Å². The molecule has 1 N–H and O–H groups in total. The van der Waals surface area contributed by atoms with Crippen molar-refractivity contribution in [3.63, 3.8) is 0 Å². The molecule has 21 heavy (non-hydrogen) atoms. The maximum atomic E-state index is 12.5. The van der Waals surface area contributed by atoms with Crippen molar-refractivity contribution in [2.45, 2.75) is 31.3 Å². The highest BCUT2D eigenvalue weighted by molar-refractivity contribution is 7.98. The molecule has 120 valence electrons. The number of sulfonamides is 1. The minimum atomic E-state index is -3.22. The van der Waals surface area contributed by atoms with Gasteiger partial charge in [0.15, 0.2) is 5.11 Å². The fourth-order valence-corrected chi connectivity index (χ4v) is 4.51. The highest BCUT2D eigenvalue weighted by Gasteiger charge is 2.41. The standard InChI is InChI=1S/C12H21N3O3S3/c1-20-7-5-10-11(16)15(12(19)13-10)9-4-3-6-14(8-9)21(2,17)18/h9-10H,3-8H2,1-2H3,(H,13,19). The van der Waals surface area contributed by atoms with Crippen molar-refractivity contribution in [1.29, 1.82) is 0 Å². The van der Waals surface area contributed by atoms with Crippen molar-refractivity contribution >= 4 is 45.0 Å². The van der Waals surface area contributed by atoms with Crippen LogP contribution in [0.1, 0.15) is 19.3 Å². The topological polar surface area (TPSA) is 69.7 Å². The van der Waals surface area contributed by atoms with Gasteiger partial charge in [-0.1, -0.05) is 0 Å². The first kappa shape index (κ1) is 17.0. The highest BCUT2D eigenvalue weighted by Crippen LogP contribution is 2.22. The van der Waals surface area contributed by atoms with Gasteiger partial charge in [-0.3, -0.25) is 9.69 Å². The van der Waals surface area contributed by atoms with Crippen LogP contribution in [0.25, 0.3) is 0 Å². The summed E-state index contributed by atoms with van der Waals surface area (Å²) < 4.78 is 24.8. The fourth-order valence-electron chi connectivity index (χ4n) is 2.76. The van der Waals surface area contributed by atoms with Gasteiger partial charge in [0.25, 0.3) is 5.91 Å². The monoisotopic (exact) mass is 351 g/mol. The molecule has 2 aliphatic rings. The zero-order valence-electron chi connectivity index (χ0n) is 12.2. The third kappa shape index (κ3) is 3.88. The van der Waals surface area contributed by atoms with E-state index in [2.05, 4.69) is 5.32 Å². The van der Waals surface area contributed by atoms with Crippen LogP contribution in [0.4, 0.5) is 0 Å². The minimum absolute atomic E-state index is 0.0191. The molecule has 1 amide bonds. The molecule has 2 unspecified atom stereocenters. The van der Waals surface area contributed by atoms with Gasteiger partial charge in [-0.05, 0) is 43.5 Å². The molecule has 0 aromatic rings. The van der Waals surface area contributed by atoms with Crippen LogP contribution >= 0.6 is 24.0 Å². The summed E-state index contributed by atoms with van der Waals surface area (Å²) in [6, 6.07) is -0.418. The molecule has 9 heteroatoms. The molecular formula is C12H21N3O3S3. The van der Waals surface area contributed by atoms with Gasteiger partial charge in [0.05, 0.1) is 12.3 Å². The molecule has 0 aromatic carbocycles. The quantitative estimate of drug-likeness (QED) is 0.716. The van der Waals surface area contributed by atoms with Crippen LogP contribution in [0.3, 0.4) is 0 Å². The average molecular weight is 352 g/mol. The number of thioether (sulfide) groups is 1. The average Bonchev–Trinajstić information content (AvgIpc) is 2.70. The van der Waals surface area contributed by atoms with Crippen molar-refractivity contribution in [3.8, 4) is 0 Å². The number of carbonyl (C=O) groups is 1. The Labute approximate surface area is 135 Å². The molecule has 2 atom stereocenters. The van der Waals surface area contributed by atoms with Crippen LogP contribution in [0.15, 0.2) is 0 Å². The van der Waals surface area contributed by atoms with Crippen molar-refractivity contribution in [2.24, 2.45) is 0 Å². The number of nitrogens with zero attached hydrogens (tertiary/aromatic N) is 2. The van der Waals surface area contributed by atoms with Crippen molar-refractivity contribution in [3.05, 3.63) is 0 Å². The van der Waals surface area contributed by atoms with Crippen molar-refractivity contribution < 1.29 is 13.2 Å². The van der Waals surface area contributed by atoms with Crippen LogP contribution in [0.2, 0.25) is 0 Å². The van der Waals surface area contributed by atoms with E-state index in [1.54, 1.807) is 16.7 Å². The number of carbonyl (C=O) groups excluding carboxylic acids is 1. The largest absolute Gasteiger partial charge is 0.350 e. The molecule has 0 bridgehead atoms. The highest BCUT2D eigenvalue weighted by atomic mass is 32.2. The molecule has 6 nitrogen and oxygen atoms in total. The number of hydrogen-bond donors (Lipinski definition) is 1. The van der Waals surface area contributed by atoms with E-state index in [0.29, 0.717) is 18.2 Å². The van der Waals surface area contributed by atoms with Gasteiger partial charge in [0.2, 0.25) is 10.0 Å². The van der Waals surface area contributed by atoms with Gasteiger partial charge in [-0.25, -0.2) is 12.7 Å². The Balaban J connectivity index is 2.07. The Kier molecular flexibility index (Phi) is 5.50. The summed E-state index contributed by atoms with van der Waals surface area (Å²) in [6.45, 7) is 0.856. The summed E-state index contributed by atoms with van der Waals surface area (Å²) in [4.78, 5) is 14.1. The summed E-state index contributed by atoms with van der Waals surface area (Å²) in [5.74, 6) is 0.870. The number of rotatable bonds is 5. The van der Waals surface area contributed by atoms with Gasteiger partial charge < -0.3 is 5.32 Å². The van der Waals surface area contributed by atoms with Gasteiger partial charge in [-0.15, -0.1) is 0 Å². The molecule has 2 heterocycles.